The maximum Gasteiger partial charge on any atom is 0.257 e. The molecule has 1 heterocycles. The zero-order valence-electron chi connectivity index (χ0n) is 15.9. The van der Waals surface area contributed by atoms with Gasteiger partial charge in [-0.1, -0.05) is 18.2 Å². The molecule has 1 amide bonds. The monoisotopic (exact) mass is 366 g/mol. The molecule has 3 rings (SSSR count). The quantitative estimate of drug-likeness (QED) is 0.584. The highest BCUT2D eigenvalue weighted by atomic mass is 16.5. The minimum Gasteiger partial charge on any atom is -0.494 e. The molecular weight excluding hydrogens is 340 g/mol. The molecule has 3 aromatic rings. The summed E-state index contributed by atoms with van der Waals surface area (Å²) in [6.07, 6.45) is 0.869. The van der Waals surface area contributed by atoms with Crippen molar-refractivity contribution in [1.29, 1.82) is 0 Å². The first-order valence-corrected chi connectivity index (χ1v) is 9.34. The van der Waals surface area contributed by atoms with E-state index in [9.17, 15) is 4.79 Å². The number of nitrogens with one attached hydrogen (secondary N) is 1. The third kappa shape index (κ3) is 5.03. The van der Waals surface area contributed by atoms with E-state index in [2.05, 4.69) is 47.1 Å². The lowest BCUT2D eigenvalue weighted by atomic mass is 10.2. The number of carbonyl (C=O) groups excluding carboxylic acids is 1. The van der Waals surface area contributed by atoms with Gasteiger partial charge in [-0.25, -0.2) is 0 Å². The molecule has 0 aliphatic rings. The number of para-hydroxylation sites is 1. The smallest absolute Gasteiger partial charge is 0.257 e. The molecule has 142 valence electrons. The first-order chi connectivity index (χ1) is 13.2. The van der Waals surface area contributed by atoms with E-state index in [0.717, 1.165) is 18.7 Å². The standard InChI is InChI=1S/C22H26N2O3/c1-3-26-19-9-11-20(12-10-19)27-16-22(25)23-13-6-14-24-17(2)15-18-7-4-5-8-21(18)24/h4-5,7-12,15H,3,6,13-14,16H2,1-2H3,(H,23,25). The molecule has 0 atom stereocenters. The molecule has 5 heteroatoms. The van der Waals surface area contributed by atoms with Crippen LogP contribution in [0.15, 0.2) is 54.6 Å². The van der Waals surface area contributed by atoms with Crippen LogP contribution in [0.2, 0.25) is 0 Å². The lowest BCUT2D eigenvalue weighted by Crippen LogP contribution is -2.30. The van der Waals surface area contributed by atoms with Crippen LogP contribution in [0.5, 0.6) is 11.5 Å². The van der Waals surface area contributed by atoms with Crippen molar-refractivity contribution >= 4 is 16.8 Å². The van der Waals surface area contributed by atoms with Crippen molar-refractivity contribution in [2.45, 2.75) is 26.8 Å². The summed E-state index contributed by atoms with van der Waals surface area (Å²) in [5.74, 6) is 1.34. The van der Waals surface area contributed by atoms with E-state index in [-0.39, 0.29) is 12.5 Å². The van der Waals surface area contributed by atoms with Gasteiger partial charge in [0.15, 0.2) is 6.61 Å². The molecule has 0 unspecified atom stereocenters. The third-order valence-corrected chi connectivity index (χ3v) is 4.40. The molecule has 0 fully saturated rings. The van der Waals surface area contributed by atoms with Gasteiger partial charge in [0.05, 0.1) is 6.61 Å². The summed E-state index contributed by atoms with van der Waals surface area (Å²) in [5.41, 5.74) is 2.47. The van der Waals surface area contributed by atoms with Crippen molar-refractivity contribution < 1.29 is 14.3 Å². The molecule has 0 spiro atoms. The number of benzene rings is 2. The summed E-state index contributed by atoms with van der Waals surface area (Å²) in [6, 6.07) is 17.8. The van der Waals surface area contributed by atoms with Crippen LogP contribution in [0.4, 0.5) is 0 Å². The number of hydrogen-bond acceptors (Lipinski definition) is 3. The highest BCUT2D eigenvalue weighted by Gasteiger charge is 2.06. The van der Waals surface area contributed by atoms with E-state index in [1.165, 1.54) is 16.6 Å². The number of hydrogen-bond donors (Lipinski definition) is 1. The van der Waals surface area contributed by atoms with Crippen LogP contribution in [-0.2, 0) is 11.3 Å². The van der Waals surface area contributed by atoms with E-state index < -0.39 is 0 Å². The van der Waals surface area contributed by atoms with Crippen molar-refractivity contribution in [3.63, 3.8) is 0 Å². The van der Waals surface area contributed by atoms with Crippen LogP contribution < -0.4 is 14.8 Å². The Bertz CT molecular complexity index is 884. The van der Waals surface area contributed by atoms with Crippen molar-refractivity contribution in [2.24, 2.45) is 0 Å². The topological polar surface area (TPSA) is 52.5 Å². The predicted octanol–water partition coefficient (Wildman–Crippen LogP) is 3.93. The maximum absolute atomic E-state index is 12.0. The van der Waals surface area contributed by atoms with Crippen LogP contribution in [0.1, 0.15) is 19.0 Å². The Morgan fingerprint density at radius 1 is 1.04 bits per heavy atom. The second kappa shape index (κ2) is 9.12. The van der Waals surface area contributed by atoms with Gasteiger partial charge in [0.1, 0.15) is 11.5 Å². The Morgan fingerprint density at radius 2 is 1.74 bits per heavy atom. The second-order valence-corrected chi connectivity index (χ2v) is 6.39. The zero-order valence-corrected chi connectivity index (χ0v) is 15.9. The molecule has 0 aliphatic heterocycles. The molecule has 5 nitrogen and oxygen atoms in total. The Kier molecular flexibility index (Phi) is 6.36. The Morgan fingerprint density at radius 3 is 2.48 bits per heavy atom. The predicted molar refractivity (Wildman–Crippen MR) is 107 cm³/mol. The first-order valence-electron chi connectivity index (χ1n) is 9.34. The summed E-state index contributed by atoms with van der Waals surface area (Å²) in [5, 5.41) is 4.17. The lowest BCUT2D eigenvalue weighted by Gasteiger charge is -2.10. The van der Waals surface area contributed by atoms with Crippen molar-refractivity contribution in [3.8, 4) is 11.5 Å². The van der Waals surface area contributed by atoms with Crippen molar-refractivity contribution in [3.05, 3.63) is 60.3 Å². The molecule has 27 heavy (non-hydrogen) atoms. The minimum absolute atomic E-state index is 0.0134. The highest BCUT2D eigenvalue weighted by molar-refractivity contribution is 5.81. The van der Waals surface area contributed by atoms with Gasteiger partial charge >= 0.3 is 0 Å². The van der Waals surface area contributed by atoms with Crippen molar-refractivity contribution in [2.75, 3.05) is 19.8 Å². The van der Waals surface area contributed by atoms with Crippen LogP contribution in [0.3, 0.4) is 0 Å². The Hall–Kier alpha value is -2.95. The zero-order chi connectivity index (χ0) is 19.1. The van der Waals surface area contributed by atoms with E-state index in [1.807, 2.05) is 19.1 Å². The molecule has 0 saturated carbocycles. The molecule has 1 aromatic heterocycles. The SMILES string of the molecule is CCOc1ccc(OCC(=O)NCCCn2c(C)cc3ccccc32)cc1. The fraction of sp³-hybridized carbons (Fsp3) is 0.318. The van der Waals surface area contributed by atoms with Gasteiger partial charge in [0.25, 0.3) is 5.91 Å². The Labute approximate surface area is 159 Å². The number of amides is 1. The van der Waals surface area contributed by atoms with Crippen LogP contribution in [-0.4, -0.2) is 30.2 Å². The number of carbonyl (C=O) groups is 1. The van der Waals surface area contributed by atoms with E-state index in [0.29, 0.717) is 18.9 Å². The van der Waals surface area contributed by atoms with Gasteiger partial charge in [-0.3, -0.25) is 4.79 Å². The summed E-state index contributed by atoms with van der Waals surface area (Å²) >= 11 is 0. The van der Waals surface area contributed by atoms with E-state index >= 15 is 0 Å². The number of nitrogens with zero attached hydrogens (tertiary/aromatic N) is 1. The van der Waals surface area contributed by atoms with Gasteiger partial charge in [0.2, 0.25) is 0 Å². The molecular formula is C22H26N2O3. The highest BCUT2D eigenvalue weighted by Crippen LogP contribution is 2.19. The molecule has 0 radical (unpaired) electrons. The van der Waals surface area contributed by atoms with Crippen LogP contribution in [0.25, 0.3) is 10.9 Å². The summed E-state index contributed by atoms with van der Waals surface area (Å²) in [4.78, 5) is 12.0. The molecule has 2 aromatic carbocycles. The van der Waals surface area contributed by atoms with Gasteiger partial charge < -0.3 is 19.4 Å². The fourth-order valence-corrected chi connectivity index (χ4v) is 3.11. The van der Waals surface area contributed by atoms with Gasteiger partial charge in [-0.15, -0.1) is 0 Å². The summed E-state index contributed by atoms with van der Waals surface area (Å²) in [6.45, 7) is 6.19. The van der Waals surface area contributed by atoms with Crippen LogP contribution >= 0.6 is 0 Å². The van der Waals surface area contributed by atoms with Gasteiger partial charge in [-0.2, -0.15) is 0 Å². The molecule has 1 N–H and O–H groups in total. The minimum atomic E-state index is -0.113. The van der Waals surface area contributed by atoms with Crippen molar-refractivity contribution in [1.82, 2.24) is 9.88 Å². The lowest BCUT2D eigenvalue weighted by molar-refractivity contribution is -0.123. The normalized spacial score (nSPS) is 10.7. The van der Waals surface area contributed by atoms with Gasteiger partial charge in [-0.05, 0) is 62.1 Å². The number of rotatable bonds is 9. The van der Waals surface area contributed by atoms with Crippen LogP contribution in [0, 0.1) is 6.92 Å². The fourth-order valence-electron chi connectivity index (χ4n) is 3.11. The largest absolute Gasteiger partial charge is 0.494 e. The second-order valence-electron chi connectivity index (χ2n) is 6.39. The third-order valence-electron chi connectivity index (χ3n) is 4.40. The van der Waals surface area contributed by atoms with Gasteiger partial charge in [0, 0.05) is 24.3 Å². The molecule has 0 aliphatic carbocycles. The average molecular weight is 366 g/mol. The number of ether oxygens (including phenoxy) is 2. The molecule has 0 bridgehead atoms. The average Bonchev–Trinajstić information content (AvgIpc) is 3.00. The summed E-state index contributed by atoms with van der Waals surface area (Å²) in [7, 11) is 0. The first kappa shape index (κ1) is 18.8. The maximum atomic E-state index is 12.0. The number of fused-ring (bicyclic) bond motifs is 1. The Balaban J connectivity index is 1.40. The van der Waals surface area contributed by atoms with E-state index in [1.54, 1.807) is 12.1 Å². The van der Waals surface area contributed by atoms with E-state index in [4.69, 9.17) is 9.47 Å². The number of aryl methyl sites for hydroxylation is 2. The number of aromatic nitrogens is 1. The summed E-state index contributed by atoms with van der Waals surface area (Å²) < 4.78 is 13.2. The molecule has 0 saturated heterocycles.